The van der Waals surface area contributed by atoms with E-state index >= 15 is 0 Å². The predicted octanol–water partition coefficient (Wildman–Crippen LogP) is 2.16. The largest absolute Gasteiger partial charge is 0.454 e. The van der Waals surface area contributed by atoms with Crippen LogP contribution in [0.4, 0.5) is 5.82 Å². The van der Waals surface area contributed by atoms with Crippen LogP contribution < -0.4 is 16.2 Å². The third-order valence-electron chi connectivity index (χ3n) is 5.53. The molecule has 1 saturated heterocycles. The fourth-order valence-corrected chi connectivity index (χ4v) is 3.61. The Bertz CT molecular complexity index is 1220. The summed E-state index contributed by atoms with van der Waals surface area (Å²) in [6, 6.07) is 7.48. The van der Waals surface area contributed by atoms with Gasteiger partial charge in [0.15, 0.2) is 11.4 Å². The molecule has 9 nitrogen and oxygen atoms in total. The lowest BCUT2D eigenvalue weighted by atomic mass is 9.95. The van der Waals surface area contributed by atoms with E-state index in [9.17, 15) is 4.79 Å². The van der Waals surface area contributed by atoms with Gasteiger partial charge in [0.25, 0.3) is 5.56 Å². The van der Waals surface area contributed by atoms with Crippen molar-refractivity contribution >= 4 is 22.4 Å². The van der Waals surface area contributed by atoms with Crippen molar-refractivity contribution in [1.82, 2.24) is 19.6 Å². The van der Waals surface area contributed by atoms with Crippen LogP contribution in [0.25, 0.3) is 28.1 Å². The molecule has 0 amide bonds. The zero-order valence-electron chi connectivity index (χ0n) is 16.6. The molecule has 1 saturated carbocycles. The van der Waals surface area contributed by atoms with Crippen molar-refractivity contribution in [3.8, 4) is 11.5 Å². The van der Waals surface area contributed by atoms with E-state index in [-0.39, 0.29) is 5.56 Å². The molecule has 156 valence electrons. The highest BCUT2D eigenvalue weighted by atomic mass is 16.5. The van der Waals surface area contributed by atoms with Crippen LogP contribution in [0.5, 0.6) is 0 Å². The number of aromatic nitrogens is 4. The normalized spacial score (nSPS) is 17.0. The van der Waals surface area contributed by atoms with Crippen LogP contribution in [0.1, 0.15) is 19.3 Å². The van der Waals surface area contributed by atoms with Gasteiger partial charge in [-0.1, -0.05) is 6.42 Å². The maximum Gasteiger partial charge on any atom is 0.263 e. The Balaban J connectivity index is 0.000000340. The molecule has 1 aliphatic carbocycles. The third kappa shape index (κ3) is 3.57. The van der Waals surface area contributed by atoms with Crippen molar-refractivity contribution in [3.05, 3.63) is 47.0 Å². The Morgan fingerprint density at radius 2 is 1.93 bits per heavy atom. The van der Waals surface area contributed by atoms with Crippen LogP contribution in [-0.4, -0.2) is 51.9 Å². The van der Waals surface area contributed by atoms with E-state index in [1.807, 2.05) is 12.1 Å². The summed E-state index contributed by atoms with van der Waals surface area (Å²) in [5.41, 5.74) is 7.28. The van der Waals surface area contributed by atoms with Crippen molar-refractivity contribution in [3.63, 3.8) is 0 Å². The van der Waals surface area contributed by atoms with Gasteiger partial charge in [0.2, 0.25) is 0 Å². The van der Waals surface area contributed by atoms with Gasteiger partial charge in [-0.3, -0.25) is 9.89 Å². The fourth-order valence-electron chi connectivity index (χ4n) is 3.61. The summed E-state index contributed by atoms with van der Waals surface area (Å²) in [5, 5.41) is 3.69. The highest BCUT2D eigenvalue weighted by molar-refractivity contribution is 5.91. The Labute approximate surface area is 172 Å². The number of furan rings is 1. The van der Waals surface area contributed by atoms with Gasteiger partial charge in [-0.2, -0.15) is 0 Å². The molecule has 0 spiro atoms. The molecule has 1 aliphatic heterocycles. The first-order valence-electron chi connectivity index (χ1n) is 10.2. The summed E-state index contributed by atoms with van der Waals surface area (Å²) in [5.74, 6) is 1.52. The first kappa shape index (κ1) is 18.8. The minimum atomic E-state index is -0.196. The number of morpholine rings is 1. The molecule has 4 aromatic heterocycles. The number of anilines is 1. The first-order valence-corrected chi connectivity index (χ1v) is 10.2. The third-order valence-corrected chi connectivity index (χ3v) is 5.53. The smallest absolute Gasteiger partial charge is 0.263 e. The van der Waals surface area contributed by atoms with Crippen LogP contribution >= 0.6 is 0 Å². The molecule has 6 rings (SSSR count). The molecule has 2 fully saturated rings. The molecule has 2 aliphatic rings. The summed E-state index contributed by atoms with van der Waals surface area (Å²) in [7, 11) is 0. The van der Waals surface area contributed by atoms with Gasteiger partial charge in [0.1, 0.15) is 17.1 Å². The van der Waals surface area contributed by atoms with Gasteiger partial charge in [-0.15, -0.1) is 0 Å². The van der Waals surface area contributed by atoms with E-state index in [1.54, 1.807) is 23.0 Å². The number of H-pyrrole nitrogens is 1. The van der Waals surface area contributed by atoms with Gasteiger partial charge < -0.3 is 19.8 Å². The number of hydrogen-bond acceptors (Lipinski definition) is 7. The molecule has 3 N–H and O–H groups in total. The lowest BCUT2D eigenvalue weighted by molar-refractivity contribution is 0.122. The predicted molar refractivity (Wildman–Crippen MR) is 114 cm³/mol. The monoisotopic (exact) mass is 408 g/mol. The minimum Gasteiger partial charge on any atom is -0.454 e. The number of nitrogens with one attached hydrogen (secondary N) is 1. The second-order valence-electron chi connectivity index (χ2n) is 7.59. The quantitative estimate of drug-likeness (QED) is 0.522. The van der Waals surface area contributed by atoms with E-state index in [0.29, 0.717) is 36.4 Å². The Morgan fingerprint density at radius 3 is 2.67 bits per heavy atom. The molecule has 30 heavy (non-hydrogen) atoms. The number of nitrogens with zero attached hydrogens (tertiary/aromatic N) is 4. The summed E-state index contributed by atoms with van der Waals surface area (Å²) >= 11 is 0. The zero-order chi connectivity index (χ0) is 20.5. The Hall–Kier alpha value is -3.17. The van der Waals surface area contributed by atoms with Crippen molar-refractivity contribution in [2.75, 3.05) is 31.2 Å². The van der Waals surface area contributed by atoms with Gasteiger partial charge in [-0.05, 0) is 31.0 Å². The summed E-state index contributed by atoms with van der Waals surface area (Å²) in [6.45, 7) is 2.99. The molecule has 9 heteroatoms. The number of pyridine rings is 1. The molecule has 0 atom stereocenters. The second-order valence-corrected chi connectivity index (χ2v) is 7.59. The standard InChI is InChI=1S/C17H15N5O3.C4H9N/c23-16-2-1-15-19-10-12(22(15)20-16)14-9-11-13(25-14)3-4-18-17(11)21-5-7-24-8-6-21;5-4-2-1-3-4/h1-4,9-10H,5-8H2,(H,20,23);4H,1-3,5H2. The van der Waals surface area contributed by atoms with Crippen molar-refractivity contribution in [2.24, 2.45) is 5.73 Å². The number of hydrogen-bond donors (Lipinski definition) is 2. The lowest BCUT2D eigenvalue weighted by Crippen LogP contribution is -2.36. The van der Waals surface area contributed by atoms with E-state index < -0.39 is 0 Å². The SMILES string of the molecule is NC1CCC1.O=c1ccc2ncc(-c3cc4c(N5CCOCC5)nccc4o3)n2[nH]1. The fraction of sp³-hybridized carbons (Fsp3) is 0.381. The second kappa shape index (κ2) is 7.92. The maximum atomic E-state index is 11.6. The number of rotatable bonds is 2. The Morgan fingerprint density at radius 1 is 1.13 bits per heavy atom. The summed E-state index contributed by atoms with van der Waals surface area (Å²) in [4.78, 5) is 22.7. The molecule has 0 bridgehead atoms. The zero-order valence-corrected chi connectivity index (χ0v) is 16.6. The van der Waals surface area contributed by atoms with Crippen LogP contribution in [-0.2, 0) is 4.74 Å². The molecule has 0 aromatic carbocycles. The van der Waals surface area contributed by atoms with Gasteiger partial charge in [-0.25, -0.2) is 14.5 Å². The van der Waals surface area contributed by atoms with E-state index in [0.717, 1.165) is 29.9 Å². The van der Waals surface area contributed by atoms with Crippen LogP contribution in [0, 0.1) is 0 Å². The average molecular weight is 408 g/mol. The molecular weight excluding hydrogens is 384 g/mol. The van der Waals surface area contributed by atoms with Crippen molar-refractivity contribution < 1.29 is 9.15 Å². The van der Waals surface area contributed by atoms with Crippen LogP contribution in [0.15, 0.2) is 45.9 Å². The maximum absolute atomic E-state index is 11.6. The van der Waals surface area contributed by atoms with E-state index in [2.05, 4.69) is 20.0 Å². The number of nitrogens with two attached hydrogens (primary N) is 1. The highest BCUT2D eigenvalue weighted by Crippen LogP contribution is 2.32. The Kier molecular flexibility index (Phi) is 4.97. The van der Waals surface area contributed by atoms with Crippen LogP contribution in [0.3, 0.4) is 0 Å². The molecular formula is C21H24N6O3. The van der Waals surface area contributed by atoms with E-state index in [4.69, 9.17) is 14.9 Å². The minimum absolute atomic E-state index is 0.196. The van der Waals surface area contributed by atoms with Crippen molar-refractivity contribution in [1.29, 1.82) is 0 Å². The molecule has 0 radical (unpaired) electrons. The summed E-state index contributed by atoms with van der Waals surface area (Å²) in [6.07, 6.45) is 7.32. The summed E-state index contributed by atoms with van der Waals surface area (Å²) < 4.78 is 13.1. The number of aromatic amines is 1. The average Bonchev–Trinajstić information content (AvgIpc) is 3.36. The highest BCUT2D eigenvalue weighted by Gasteiger charge is 2.19. The van der Waals surface area contributed by atoms with Crippen LogP contribution in [0.2, 0.25) is 0 Å². The van der Waals surface area contributed by atoms with Gasteiger partial charge in [0.05, 0.1) is 24.8 Å². The lowest BCUT2D eigenvalue weighted by Gasteiger charge is -2.28. The van der Waals surface area contributed by atoms with Gasteiger partial charge >= 0.3 is 0 Å². The van der Waals surface area contributed by atoms with E-state index in [1.165, 1.54) is 25.3 Å². The number of fused-ring (bicyclic) bond motifs is 2. The topological polar surface area (TPSA) is 115 Å². The van der Waals surface area contributed by atoms with Crippen molar-refractivity contribution in [2.45, 2.75) is 25.3 Å². The number of imidazole rings is 1. The first-order chi connectivity index (χ1) is 14.7. The van der Waals surface area contributed by atoms with Gasteiger partial charge in [0, 0.05) is 31.4 Å². The molecule has 4 aromatic rings. The number of ether oxygens (including phenoxy) is 1. The molecule has 5 heterocycles. The molecule has 0 unspecified atom stereocenters.